The van der Waals surface area contributed by atoms with Gasteiger partial charge in [0.05, 0.1) is 26.4 Å². The highest BCUT2D eigenvalue weighted by molar-refractivity contribution is 7.47. The van der Waals surface area contributed by atoms with Crippen LogP contribution in [0.3, 0.4) is 0 Å². The van der Waals surface area contributed by atoms with Crippen LogP contribution in [-0.2, 0) is 32.6 Å². The maximum absolute atomic E-state index is 11.9. The Labute approximate surface area is 251 Å². The monoisotopic (exact) mass is 628 g/mol. The first kappa shape index (κ1) is 39.4. The molecule has 0 aromatic carbocycles. The fraction of sp³-hybridized carbons (Fsp3) is 0.966. The number of carbonyl (C=O) groups is 1. The van der Waals surface area contributed by atoms with Gasteiger partial charge in [-0.1, -0.05) is 96.8 Å². The minimum atomic E-state index is -4.36. The van der Waals surface area contributed by atoms with Gasteiger partial charge in [-0.2, -0.15) is 0 Å². The van der Waals surface area contributed by atoms with Crippen LogP contribution in [0.25, 0.3) is 0 Å². The Hall–Kier alpha value is -0.660. The average Bonchev–Trinajstić information content (AvgIpc) is 2.97. The maximum Gasteiger partial charge on any atom is 0.472 e. The standard InChI is InChI=1S/C29H57O12P/c1-2-3-4-5-6-7-8-9-10-11-12-13-14-15-16-18-25(31)37-21-22-40-42(35,36)39-20-17-19-38-29-28(34)27(33)26(32)24(23-30)41-29/h24,26-30,32-34H,2-23H2,1H3,(H,35,36). The third kappa shape index (κ3) is 18.9. The van der Waals surface area contributed by atoms with E-state index in [1.54, 1.807) is 0 Å². The van der Waals surface area contributed by atoms with Gasteiger partial charge in [-0.25, -0.2) is 4.57 Å². The van der Waals surface area contributed by atoms with Gasteiger partial charge in [0.15, 0.2) is 6.29 Å². The number of carbonyl (C=O) groups excluding carboxylic acids is 1. The predicted molar refractivity (Wildman–Crippen MR) is 157 cm³/mol. The van der Waals surface area contributed by atoms with Crippen molar-refractivity contribution in [1.82, 2.24) is 0 Å². The molecular weight excluding hydrogens is 571 g/mol. The molecule has 1 fully saturated rings. The fourth-order valence-corrected chi connectivity index (χ4v) is 5.44. The number of unbranched alkanes of at least 4 members (excludes halogenated alkanes) is 14. The van der Waals surface area contributed by atoms with Crippen LogP contribution >= 0.6 is 7.82 Å². The van der Waals surface area contributed by atoms with Crippen LogP contribution in [0.4, 0.5) is 0 Å². The van der Waals surface area contributed by atoms with E-state index in [1.807, 2.05) is 0 Å². The zero-order valence-corrected chi connectivity index (χ0v) is 26.4. The number of ether oxygens (including phenoxy) is 3. The van der Waals surface area contributed by atoms with Gasteiger partial charge >= 0.3 is 13.8 Å². The van der Waals surface area contributed by atoms with Crippen molar-refractivity contribution in [1.29, 1.82) is 0 Å². The fourth-order valence-electron chi connectivity index (χ4n) is 4.70. The van der Waals surface area contributed by atoms with Crippen LogP contribution in [0.2, 0.25) is 0 Å². The third-order valence-electron chi connectivity index (χ3n) is 7.26. The molecule has 12 nitrogen and oxygen atoms in total. The summed E-state index contributed by atoms with van der Waals surface area (Å²) in [5.74, 6) is -0.368. The van der Waals surface area contributed by atoms with E-state index in [1.165, 1.54) is 77.0 Å². The molecule has 0 spiro atoms. The summed E-state index contributed by atoms with van der Waals surface area (Å²) < 4.78 is 37.1. The number of hydrogen-bond acceptors (Lipinski definition) is 11. The van der Waals surface area contributed by atoms with Gasteiger partial charge in [0, 0.05) is 6.42 Å². The summed E-state index contributed by atoms with van der Waals surface area (Å²) in [6.07, 6.45) is 12.2. The van der Waals surface area contributed by atoms with Crippen molar-refractivity contribution in [2.45, 2.75) is 147 Å². The Kier molecular flexibility index (Phi) is 23.1. The van der Waals surface area contributed by atoms with Crippen molar-refractivity contribution in [2.75, 3.05) is 33.0 Å². The first-order valence-electron chi connectivity index (χ1n) is 15.9. The van der Waals surface area contributed by atoms with E-state index in [2.05, 4.69) is 6.92 Å². The van der Waals surface area contributed by atoms with Crippen molar-refractivity contribution in [2.24, 2.45) is 0 Å². The van der Waals surface area contributed by atoms with Crippen LogP contribution < -0.4 is 0 Å². The molecule has 1 heterocycles. The molecule has 0 bridgehead atoms. The van der Waals surface area contributed by atoms with Crippen molar-refractivity contribution in [3.63, 3.8) is 0 Å². The number of aliphatic hydroxyl groups is 4. The summed E-state index contributed by atoms with van der Waals surface area (Å²) in [4.78, 5) is 21.6. The highest BCUT2D eigenvalue weighted by Gasteiger charge is 2.43. The second-order valence-corrected chi connectivity index (χ2v) is 12.4. The normalized spacial score (nSPS) is 24.0. The Balaban J connectivity index is 1.93. The number of rotatable bonds is 27. The molecule has 6 atom stereocenters. The van der Waals surface area contributed by atoms with E-state index in [0.29, 0.717) is 6.42 Å². The molecule has 1 rings (SSSR count). The highest BCUT2D eigenvalue weighted by Crippen LogP contribution is 2.43. The molecule has 13 heteroatoms. The zero-order chi connectivity index (χ0) is 31.1. The molecule has 0 radical (unpaired) electrons. The number of phosphoric ester groups is 1. The summed E-state index contributed by atoms with van der Waals surface area (Å²) in [6, 6.07) is 0. The van der Waals surface area contributed by atoms with Gasteiger partial charge in [-0.15, -0.1) is 0 Å². The predicted octanol–water partition coefficient (Wildman–Crippen LogP) is 4.13. The van der Waals surface area contributed by atoms with Crippen LogP contribution in [0.1, 0.15) is 116 Å². The minimum absolute atomic E-state index is 0.0698. The van der Waals surface area contributed by atoms with Crippen LogP contribution in [-0.4, -0.2) is 95.0 Å². The quantitative estimate of drug-likeness (QED) is 0.0499. The van der Waals surface area contributed by atoms with E-state index in [-0.39, 0.29) is 38.8 Å². The van der Waals surface area contributed by atoms with E-state index in [9.17, 15) is 34.7 Å². The molecular formula is C29H57O12P. The van der Waals surface area contributed by atoms with Crippen molar-refractivity contribution in [3.05, 3.63) is 0 Å². The van der Waals surface area contributed by atoms with E-state index in [4.69, 9.17) is 23.3 Å². The largest absolute Gasteiger partial charge is 0.472 e. The lowest BCUT2D eigenvalue weighted by molar-refractivity contribution is -0.301. The molecule has 250 valence electrons. The molecule has 0 amide bonds. The third-order valence-corrected chi connectivity index (χ3v) is 8.28. The van der Waals surface area contributed by atoms with Gasteiger partial charge in [-0.3, -0.25) is 13.8 Å². The molecule has 0 saturated carbocycles. The molecule has 5 N–H and O–H groups in total. The Morgan fingerprint density at radius 1 is 0.690 bits per heavy atom. The first-order valence-corrected chi connectivity index (χ1v) is 17.4. The summed E-state index contributed by atoms with van der Waals surface area (Å²) in [5.41, 5.74) is 0. The number of hydrogen-bond donors (Lipinski definition) is 5. The van der Waals surface area contributed by atoms with Gasteiger partial charge in [0.2, 0.25) is 0 Å². The number of aliphatic hydroxyl groups excluding tert-OH is 4. The SMILES string of the molecule is CCCCCCCCCCCCCCCCCC(=O)OCCOP(=O)(O)OCCCOC1OC(CO)C(O)C(O)C1O. The molecule has 1 aliphatic heterocycles. The minimum Gasteiger partial charge on any atom is -0.463 e. The summed E-state index contributed by atoms with van der Waals surface area (Å²) in [5, 5.41) is 38.6. The van der Waals surface area contributed by atoms with Crippen molar-refractivity contribution < 1.29 is 57.9 Å². The lowest BCUT2D eigenvalue weighted by atomic mass is 9.99. The average molecular weight is 629 g/mol. The van der Waals surface area contributed by atoms with E-state index >= 15 is 0 Å². The second-order valence-electron chi connectivity index (χ2n) is 11.0. The topological polar surface area (TPSA) is 181 Å². The molecule has 0 aromatic rings. The summed E-state index contributed by atoms with van der Waals surface area (Å²) >= 11 is 0. The molecule has 42 heavy (non-hydrogen) atoms. The highest BCUT2D eigenvalue weighted by atomic mass is 31.2. The molecule has 1 saturated heterocycles. The van der Waals surface area contributed by atoms with Crippen LogP contribution in [0, 0.1) is 0 Å². The molecule has 1 aliphatic rings. The maximum atomic E-state index is 11.9. The summed E-state index contributed by atoms with van der Waals surface area (Å²) in [7, 11) is -4.36. The van der Waals surface area contributed by atoms with Crippen molar-refractivity contribution >= 4 is 13.8 Å². The van der Waals surface area contributed by atoms with Crippen LogP contribution in [0.5, 0.6) is 0 Å². The van der Waals surface area contributed by atoms with Gasteiger partial charge in [-0.05, 0) is 12.8 Å². The molecule has 0 aromatic heterocycles. The lowest BCUT2D eigenvalue weighted by Gasteiger charge is -2.39. The first-order chi connectivity index (χ1) is 20.2. The second kappa shape index (κ2) is 24.6. The smallest absolute Gasteiger partial charge is 0.463 e. The Morgan fingerprint density at radius 3 is 1.76 bits per heavy atom. The zero-order valence-electron chi connectivity index (χ0n) is 25.5. The van der Waals surface area contributed by atoms with E-state index < -0.39 is 45.1 Å². The lowest BCUT2D eigenvalue weighted by Crippen LogP contribution is -2.59. The molecule has 6 unspecified atom stereocenters. The van der Waals surface area contributed by atoms with Gasteiger partial charge in [0.1, 0.15) is 31.0 Å². The number of esters is 1. The number of phosphoric acid groups is 1. The van der Waals surface area contributed by atoms with Crippen molar-refractivity contribution in [3.8, 4) is 0 Å². The Morgan fingerprint density at radius 2 is 1.21 bits per heavy atom. The van der Waals surface area contributed by atoms with Crippen LogP contribution in [0.15, 0.2) is 0 Å². The van der Waals surface area contributed by atoms with E-state index in [0.717, 1.165) is 19.3 Å². The molecule has 0 aliphatic carbocycles. The van der Waals surface area contributed by atoms with Gasteiger partial charge < -0.3 is 39.5 Å². The Bertz CT molecular complexity index is 710. The van der Waals surface area contributed by atoms with Gasteiger partial charge in [0.25, 0.3) is 0 Å². The summed E-state index contributed by atoms with van der Waals surface area (Å²) in [6.45, 7) is 0.931.